The Morgan fingerprint density at radius 3 is 2.44 bits per heavy atom. The van der Waals surface area contributed by atoms with Crippen LogP contribution in [0.25, 0.3) is 16.7 Å². The fourth-order valence-electron chi connectivity index (χ4n) is 4.54. The van der Waals surface area contributed by atoms with Crippen molar-refractivity contribution in [3.05, 3.63) is 99.3 Å². The molecule has 2 aliphatic rings. The van der Waals surface area contributed by atoms with Crippen LogP contribution in [0.3, 0.4) is 0 Å². The second-order valence-electron chi connectivity index (χ2n) is 8.85. The smallest absolute Gasteiger partial charge is 0.251 e. The monoisotopic (exact) mass is 494 g/mol. The van der Waals surface area contributed by atoms with Crippen LogP contribution in [0, 0.1) is 5.82 Å². The molecule has 34 heavy (non-hydrogen) atoms. The van der Waals surface area contributed by atoms with Gasteiger partial charge in [-0.3, -0.25) is 4.79 Å². The van der Waals surface area contributed by atoms with Crippen molar-refractivity contribution in [1.29, 1.82) is 0 Å². The lowest BCUT2D eigenvalue weighted by molar-refractivity contribution is -0.128. The number of carbonyl (C=O) groups is 1. The summed E-state index contributed by atoms with van der Waals surface area (Å²) in [6.07, 6.45) is 2.74. The highest BCUT2D eigenvalue weighted by atomic mass is 35.5. The molecule has 0 atom stereocenters. The molecule has 174 valence electrons. The molecule has 0 saturated heterocycles. The van der Waals surface area contributed by atoms with E-state index in [1.54, 1.807) is 12.1 Å². The maximum absolute atomic E-state index is 13.9. The molecule has 1 fully saturated rings. The van der Waals surface area contributed by atoms with Gasteiger partial charge in [0.2, 0.25) is 0 Å². The summed E-state index contributed by atoms with van der Waals surface area (Å²) in [6.45, 7) is 1.76. The Morgan fingerprint density at radius 1 is 0.971 bits per heavy atom. The molecule has 0 unspecified atom stereocenters. The molecule has 3 aromatic rings. The van der Waals surface area contributed by atoms with Gasteiger partial charge in [0.15, 0.2) is 0 Å². The number of halogens is 3. The topological polar surface area (TPSA) is 32.3 Å². The first-order chi connectivity index (χ1) is 16.5. The van der Waals surface area contributed by atoms with Crippen LogP contribution in [0.4, 0.5) is 4.39 Å². The van der Waals surface area contributed by atoms with E-state index in [9.17, 15) is 9.18 Å². The normalized spacial score (nSPS) is 16.0. The molecular formula is C28H25Cl2FN2O. The molecule has 0 radical (unpaired) electrons. The molecule has 1 N–H and O–H groups in total. The van der Waals surface area contributed by atoms with E-state index in [2.05, 4.69) is 11.4 Å². The fraction of sp³-hybridized carbons (Fsp3) is 0.250. The Hall–Kier alpha value is -2.66. The predicted molar refractivity (Wildman–Crippen MR) is 136 cm³/mol. The van der Waals surface area contributed by atoms with Crippen molar-refractivity contribution in [3.8, 4) is 11.1 Å². The first kappa shape index (κ1) is 23.1. The van der Waals surface area contributed by atoms with Crippen molar-refractivity contribution < 1.29 is 9.18 Å². The highest BCUT2D eigenvalue weighted by Crippen LogP contribution is 2.35. The average molecular weight is 495 g/mol. The van der Waals surface area contributed by atoms with E-state index >= 15 is 0 Å². The summed E-state index contributed by atoms with van der Waals surface area (Å²) in [5.74, 6) is -0.225. The molecule has 1 aliphatic heterocycles. The summed E-state index contributed by atoms with van der Waals surface area (Å²) in [6, 6.07) is 20.4. The molecule has 1 saturated carbocycles. The largest absolute Gasteiger partial charge is 0.332 e. The van der Waals surface area contributed by atoms with Gasteiger partial charge in [0.05, 0.1) is 10.0 Å². The summed E-state index contributed by atoms with van der Waals surface area (Å²) in [7, 11) is 0. The van der Waals surface area contributed by atoms with Gasteiger partial charge in [-0.2, -0.15) is 0 Å². The van der Waals surface area contributed by atoms with E-state index < -0.39 is 0 Å². The van der Waals surface area contributed by atoms with Gasteiger partial charge in [0.1, 0.15) is 5.82 Å². The van der Waals surface area contributed by atoms with Gasteiger partial charge < -0.3 is 10.2 Å². The zero-order chi connectivity index (χ0) is 23.7. The van der Waals surface area contributed by atoms with Crippen LogP contribution in [0.15, 0.2) is 72.3 Å². The number of nitrogens with one attached hydrogen (secondary N) is 1. The summed E-state index contributed by atoms with van der Waals surface area (Å²) in [4.78, 5) is 15.8. The Labute approximate surface area is 209 Å². The van der Waals surface area contributed by atoms with E-state index in [-0.39, 0.29) is 17.8 Å². The van der Waals surface area contributed by atoms with Gasteiger partial charge in [-0.15, -0.1) is 0 Å². The number of hydrogen-bond acceptors (Lipinski definition) is 2. The molecule has 6 heteroatoms. The van der Waals surface area contributed by atoms with E-state index in [0.717, 1.165) is 59.2 Å². The van der Waals surface area contributed by atoms with Crippen LogP contribution >= 0.6 is 23.2 Å². The minimum absolute atomic E-state index is 0.0388. The summed E-state index contributed by atoms with van der Waals surface area (Å²) < 4.78 is 13.8. The van der Waals surface area contributed by atoms with Crippen LogP contribution < -0.4 is 5.32 Å². The predicted octanol–water partition coefficient (Wildman–Crippen LogP) is 6.74. The van der Waals surface area contributed by atoms with Gasteiger partial charge >= 0.3 is 0 Å². The molecule has 1 heterocycles. The van der Waals surface area contributed by atoms with Gasteiger partial charge in [0, 0.05) is 24.7 Å². The first-order valence-electron chi connectivity index (χ1n) is 11.5. The lowest BCUT2D eigenvalue weighted by atomic mass is 9.91. The van der Waals surface area contributed by atoms with Crippen molar-refractivity contribution in [1.82, 2.24) is 10.2 Å². The van der Waals surface area contributed by atoms with Crippen molar-refractivity contribution in [2.24, 2.45) is 0 Å². The highest BCUT2D eigenvalue weighted by molar-refractivity contribution is 6.42. The molecule has 0 bridgehead atoms. The van der Waals surface area contributed by atoms with Crippen molar-refractivity contribution in [3.63, 3.8) is 0 Å². The van der Waals surface area contributed by atoms with Crippen LogP contribution in [-0.4, -0.2) is 29.9 Å². The summed E-state index contributed by atoms with van der Waals surface area (Å²) in [5.41, 5.74) is 5.44. The van der Waals surface area contributed by atoms with Crippen LogP contribution in [0.2, 0.25) is 10.0 Å². The second kappa shape index (κ2) is 9.91. The Balaban J connectivity index is 1.50. The number of hydrogen-bond donors (Lipinski definition) is 1. The quantitative estimate of drug-likeness (QED) is 0.411. The number of rotatable bonds is 6. The third kappa shape index (κ3) is 4.90. The Bertz CT molecular complexity index is 1270. The number of carbonyl (C=O) groups excluding carboxylic acids is 1. The summed E-state index contributed by atoms with van der Waals surface area (Å²) in [5, 5.41) is 4.36. The molecule has 5 rings (SSSR count). The van der Waals surface area contributed by atoms with Gasteiger partial charge in [-0.1, -0.05) is 65.7 Å². The zero-order valence-corrected chi connectivity index (χ0v) is 20.2. The van der Waals surface area contributed by atoms with Crippen LogP contribution in [0.1, 0.15) is 30.4 Å². The van der Waals surface area contributed by atoms with Crippen LogP contribution in [-0.2, 0) is 11.3 Å². The van der Waals surface area contributed by atoms with Crippen molar-refractivity contribution >= 4 is 34.7 Å². The Kier molecular flexibility index (Phi) is 6.73. The van der Waals surface area contributed by atoms with E-state index in [0.29, 0.717) is 23.1 Å². The highest BCUT2D eigenvalue weighted by Gasteiger charge is 2.35. The number of nitrogens with zero attached hydrogens (tertiary/aromatic N) is 1. The third-order valence-corrected chi connectivity index (χ3v) is 7.32. The average Bonchev–Trinajstić information content (AvgIpc) is 3.70. The third-order valence-electron chi connectivity index (χ3n) is 6.47. The second-order valence-corrected chi connectivity index (χ2v) is 9.64. The van der Waals surface area contributed by atoms with Gasteiger partial charge in [-0.05, 0) is 77.9 Å². The van der Waals surface area contributed by atoms with E-state index in [1.165, 1.54) is 12.1 Å². The maximum Gasteiger partial charge on any atom is 0.251 e. The molecule has 0 spiro atoms. The van der Waals surface area contributed by atoms with E-state index in [1.807, 2.05) is 41.3 Å². The fourth-order valence-corrected chi connectivity index (χ4v) is 4.92. The minimum Gasteiger partial charge on any atom is -0.332 e. The Morgan fingerprint density at radius 2 is 1.68 bits per heavy atom. The van der Waals surface area contributed by atoms with Gasteiger partial charge in [0.25, 0.3) is 5.91 Å². The molecule has 3 aromatic carbocycles. The summed E-state index contributed by atoms with van der Waals surface area (Å²) >= 11 is 12.7. The minimum atomic E-state index is -0.264. The molecular weight excluding hydrogens is 470 g/mol. The lowest BCUT2D eigenvalue weighted by Crippen LogP contribution is -2.39. The molecule has 0 aromatic heterocycles. The number of benzene rings is 3. The van der Waals surface area contributed by atoms with Crippen molar-refractivity contribution in [2.75, 3.05) is 13.1 Å². The molecule has 3 nitrogen and oxygen atoms in total. The lowest BCUT2D eigenvalue weighted by Gasteiger charge is -2.28. The molecule has 1 amide bonds. The molecule has 1 aliphatic carbocycles. The van der Waals surface area contributed by atoms with Gasteiger partial charge in [-0.25, -0.2) is 4.39 Å². The number of amides is 1. The van der Waals surface area contributed by atoms with Crippen molar-refractivity contribution in [2.45, 2.75) is 31.8 Å². The SMILES string of the molecule is O=C(C1=C(c2cccc(-c3cccc(F)c3)c2)CCNC1)N(Cc1cccc(Cl)c1Cl)C1CC1. The van der Waals surface area contributed by atoms with Crippen LogP contribution in [0.5, 0.6) is 0 Å². The van der Waals surface area contributed by atoms with E-state index in [4.69, 9.17) is 23.2 Å². The zero-order valence-electron chi connectivity index (χ0n) is 18.7. The maximum atomic E-state index is 13.9. The standard InChI is InChI=1S/C28H25Cl2FN2O/c29-26-9-3-7-21(27(26)30)17-33(23-10-11-23)28(34)25-16-32-13-12-24(25)20-6-1-4-18(14-20)19-5-2-8-22(31)15-19/h1-9,14-15,23,32H,10-13,16-17H2. The first-order valence-corrected chi connectivity index (χ1v) is 12.3.